The predicted octanol–water partition coefficient (Wildman–Crippen LogP) is -0.463. The molecule has 0 aromatic carbocycles. The van der Waals surface area contributed by atoms with Gasteiger partial charge >= 0.3 is 0 Å². The Hall–Kier alpha value is -0.480. The van der Waals surface area contributed by atoms with Crippen LogP contribution >= 0.6 is 12.6 Å². The molecule has 0 heterocycles. The van der Waals surface area contributed by atoms with Crippen molar-refractivity contribution in [1.29, 1.82) is 0 Å². The molecule has 0 aliphatic rings. The largest absolute Gasteiger partial charge is 0.381 e. The number of nitrogens with one attached hydrogen (secondary N) is 1. The number of carbonyl (C=O) groups is 1. The fourth-order valence-electron chi connectivity index (χ4n) is 0.264. The minimum Gasteiger partial charge on any atom is -0.381 e. The summed E-state index contributed by atoms with van der Waals surface area (Å²) in [5.41, 5.74) is -0.797. The van der Waals surface area contributed by atoms with E-state index in [4.69, 9.17) is 5.11 Å². The fourth-order valence-corrected chi connectivity index (χ4v) is 0.355. The number of aliphatic hydroxyl groups excluding tert-OH is 1. The normalized spacial score (nSPS) is 12.2. The molecule has 0 aliphatic carbocycles. The van der Waals surface area contributed by atoms with Crippen LogP contribution in [0.15, 0.2) is 12.7 Å². The van der Waals surface area contributed by atoms with Crippen molar-refractivity contribution in [3.05, 3.63) is 12.7 Å². The molecule has 0 radical (unpaired) electrons. The fraction of sp³-hybridized carbons (Fsp3) is 0.400. The summed E-state index contributed by atoms with van der Waals surface area (Å²) in [6, 6.07) is 0. The zero-order valence-corrected chi connectivity index (χ0v) is 5.77. The maximum absolute atomic E-state index is 10.3. The molecule has 0 saturated heterocycles. The van der Waals surface area contributed by atoms with E-state index < -0.39 is 5.44 Å². The molecule has 3 nitrogen and oxygen atoms in total. The molecule has 0 aliphatic heterocycles. The van der Waals surface area contributed by atoms with E-state index in [1.807, 2.05) is 0 Å². The van der Waals surface area contributed by atoms with Gasteiger partial charge in [0.25, 0.3) is 0 Å². The molecule has 0 rings (SSSR count). The quantitative estimate of drug-likeness (QED) is 0.287. The van der Waals surface area contributed by atoms with Crippen LogP contribution in [0.25, 0.3) is 0 Å². The number of thiol groups is 1. The Bertz CT molecular complexity index is 114. The van der Waals surface area contributed by atoms with Crippen molar-refractivity contribution >= 4 is 18.5 Å². The van der Waals surface area contributed by atoms with Crippen LogP contribution in [-0.2, 0) is 4.79 Å². The van der Waals surface area contributed by atoms with Crippen molar-refractivity contribution in [3.8, 4) is 0 Å². The molecule has 0 spiro atoms. The van der Waals surface area contributed by atoms with Gasteiger partial charge in [-0.3, -0.25) is 4.79 Å². The molecular formula is C5H9NO2S. The van der Waals surface area contributed by atoms with Crippen molar-refractivity contribution in [2.24, 2.45) is 0 Å². The van der Waals surface area contributed by atoms with Crippen molar-refractivity contribution < 1.29 is 9.90 Å². The van der Waals surface area contributed by atoms with Gasteiger partial charge in [0.2, 0.25) is 5.91 Å². The van der Waals surface area contributed by atoms with Gasteiger partial charge in [-0.15, -0.1) is 12.6 Å². The third-order valence-electron chi connectivity index (χ3n) is 0.644. The van der Waals surface area contributed by atoms with Crippen molar-refractivity contribution in [2.75, 3.05) is 6.54 Å². The Kier molecular flexibility index (Phi) is 4.17. The molecule has 0 fully saturated rings. The lowest BCUT2D eigenvalue weighted by Crippen LogP contribution is -2.27. The summed E-state index contributed by atoms with van der Waals surface area (Å²) in [7, 11) is 0. The van der Waals surface area contributed by atoms with Crippen LogP contribution in [0.1, 0.15) is 0 Å². The van der Waals surface area contributed by atoms with Crippen LogP contribution in [0.5, 0.6) is 0 Å². The van der Waals surface area contributed by atoms with Crippen LogP contribution in [0, 0.1) is 0 Å². The first-order chi connectivity index (χ1) is 4.16. The molecule has 1 unspecified atom stereocenters. The molecule has 1 amide bonds. The first-order valence-corrected chi connectivity index (χ1v) is 2.95. The van der Waals surface area contributed by atoms with Crippen molar-refractivity contribution in [3.63, 3.8) is 0 Å². The Balaban J connectivity index is 3.27. The average molecular weight is 147 g/mol. The second-order valence-electron chi connectivity index (χ2n) is 1.43. The summed E-state index contributed by atoms with van der Waals surface area (Å²) in [6.07, 6.45) is 1.14. The minimum atomic E-state index is -0.797. The smallest absolute Gasteiger partial charge is 0.243 e. The highest BCUT2D eigenvalue weighted by Gasteiger charge is 1.96. The third-order valence-corrected chi connectivity index (χ3v) is 0.827. The number of hydrogen-bond acceptors (Lipinski definition) is 3. The highest BCUT2D eigenvalue weighted by atomic mass is 32.1. The van der Waals surface area contributed by atoms with E-state index >= 15 is 0 Å². The van der Waals surface area contributed by atoms with E-state index in [1.165, 1.54) is 0 Å². The molecule has 9 heavy (non-hydrogen) atoms. The maximum Gasteiger partial charge on any atom is 0.243 e. The zero-order valence-electron chi connectivity index (χ0n) is 4.87. The summed E-state index contributed by atoms with van der Waals surface area (Å²) in [6.45, 7) is 3.37. The maximum atomic E-state index is 10.3. The van der Waals surface area contributed by atoms with Gasteiger partial charge in [-0.2, -0.15) is 0 Å². The number of amides is 1. The van der Waals surface area contributed by atoms with Gasteiger partial charge in [-0.05, 0) is 6.08 Å². The first-order valence-electron chi connectivity index (χ1n) is 2.43. The van der Waals surface area contributed by atoms with Gasteiger partial charge < -0.3 is 10.4 Å². The SMILES string of the molecule is C=CC(=O)NCC(O)S. The summed E-state index contributed by atoms with van der Waals surface area (Å²) in [5, 5.41) is 10.9. The molecular weight excluding hydrogens is 138 g/mol. The predicted molar refractivity (Wildman–Crippen MR) is 38.2 cm³/mol. The van der Waals surface area contributed by atoms with E-state index in [0.29, 0.717) is 0 Å². The van der Waals surface area contributed by atoms with Crippen molar-refractivity contribution in [2.45, 2.75) is 5.44 Å². The molecule has 0 aromatic heterocycles. The van der Waals surface area contributed by atoms with Gasteiger partial charge in [0.05, 0.1) is 6.54 Å². The lowest BCUT2D eigenvalue weighted by Gasteiger charge is -2.01. The van der Waals surface area contributed by atoms with Crippen molar-refractivity contribution in [1.82, 2.24) is 5.32 Å². The monoisotopic (exact) mass is 147 g/mol. The topological polar surface area (TPSA) is 49.3 Å². The van der Waals surface area contributed by atoms with Crippen LogP contribution in [0.3, 0.4) is 0 Å². The van der Waals surface area contributed by atoms with E-state index in [0.717, 1.165) is 6.08 Å². The highest BCUT2D eigenvalue weighted by molar-refractivity contribution is 7.80. The van der Waals surface area contributed by atoms with E-state index in [-0.39, 0.29) is 12.5 Å². The van der Waals surface area contributed by atoms with Crippen LogP contribution in [0.2, 0.25) is 0 Å². The minimum absolute atomic E-state index is 0.147. The molecule has 0 aromatic rings. The highest BCUT2D eigenvalue weighted by Crippen LogP contribution is 1.83. The summed E-state index contributed by atoms with van der Waals surface area (Å²) in [4.78, 5) is 10.3. The molecule has 4 heteroatoms. The van der Waals surface area contributed by atoms with E-state index in [9.17, 15) is 4.79 Å². The van der Waals surface area contributed by atoms with Gasteiger partial charge in [0, 0.05) is 0 Å². The zero-order chi connectivity index (χ0) is 7.28. The third kappa shape index (κ3) is 5.39. The number of carbonyl (C=O) groups excluding carboxylic acids is 1. The van der Waals surface area contributed by atoms with E-state index in [1.54, 1.807) is 0 Å². The number of rotatable bonds is 3. The van der Waals surface area contributed by atoms with Gasteiger partial charge in [0.1, 0.15) is 5.44 Å². The number of hydrogen-bond donors (Lipinski definition) is 3. The summed E-state index contributed by atoms with van der Waals surface area (Å²) in [5.74, 6) is -0.303. The number of aliphatic hydroxyl groups is 1. The Morgan fingerprint density at radius 3 is 2.89 bits per heavy atom. The summed E-state index contributed by atoms with van der Waals surface area (Å²) >= 11 is 3.62. The lowest BCUT2D eigenvalue weighted by molar-refractivity contribution is -0.116. The molecule has 1 atom stereocenters. The first kappa shape index (κ1) is 8.52. The van der Waals surface area contributed by atoms with Gasteiger partial charge in [-0.25, -0.2) is 0 Å². The standard InChI is InChI=1S/C5H9NO2S/c1-2-4(7)6-3-5(8)9/h2,5,8-9H,1,3H2,(H,6,7). The van der Waals surface area contributed by atoms with Crippen LogP contribution < -0.4 is 5.32 Å². The molecule has 0 saturated carbocycles. The second kappa shape index (κ2) is 4.40. The lowest BCUT2D eigenvalue weighted by atomic mass is 10.5. The van der Waals surface area contributed by atoms with Crippen LogP contribution in [-0.4, -0.2) is 23.0 Å². The Morgan fingerprint density at radius 1 is 2.00 bits per heavy atom. The molecule has 0 bridgehead atoms. The molecule has 52 valence electrons. The van der Waals surface area contributed by atoms with E-state index in [2.05, 4.69) is 24.5 Å². The molecule has 2 N–H and O–H groups in total. The van der Waals surface area contributed by atoms with Gasteiger partial charge in [-0.1, -0.05) is 6.58 Å². The van der Waals surface area contributed by atoms with Crippen LogP contribution in [0.4, 0.5) is 0 Å². The second-order valence-corrected chi connectivity index (χ2v) is 2.03. The average Bonchev–Trinajstić information content (AvgIpc) is 1.83. The summed E-state index contributed by atoms with van der Waals surface area (Å²) < 4.78 is 0. The Morgan fingerprint density at radius 2 is 2.56 bits per heavy atom. The Labute approximate surface area is 59.2 Å². The van der Waals surface area contributed by atoms with Gasteiger partial charge in [0.15, 0.2) is 0 Å².